The molecular weight excluding hydrogens is 305 g/mol. The Balaban J connectivity index is 1.66. The van der Waals surface area contributed by atoms with Gasteiger partial charge in [0.2, 0.25) is 0 Å². The van der Waals surface area contributed by atoms with E-state index in [0.717, 1.165) is 16.9 Å². The monoisotopic (exact) mass is 321 g/mol. The fourth-order valence-electron chi connectivity index (χ4n) is 2.13. The van der Waals surface area contributed by atoms with Gasteiger partial charge in [-0.2, -0.15) is 0 Å². The maximum absolute atomic E-state index is 12.9. The molecule has 0 aliphatic heterocycles. The molecule has 0 fully saturated rings. The van der Waals surface area contributed by atoms with E-state index in [1.807, 2.05) is 31.2 Å². The Morgan fingerprint density at radius 1 is 0.875 bits per heavy atom. The standard InChI is InChI=1S/C19H16FN3O/c1-13-2-6-16(7-3-13)23-19(24)18-11-10-17(12-21-18)22-15-8-4-14(20)5-9-15/h2-12,22H,1H3,(H,23,24). The smallest absolute Gasteiger partial charge is 0.274 e. The first-order valence-electron chi connectivity index (χ1n) is 7.47. The maximum atomic E-state index is 12.9. The van der Waals surface area contributed by atoms with Gasteiger partial charge >= 0.3 is 0 Å². The van der Waals surface area contributed by atoms with Crippen LogP contribution in [0.25, 0.3) is 0 Å². The number of aromatic nitrogens is 1. The SMILES string of the molecule is Cc1ccc(NC(=O)c2ccc(Nc3ccc(F)cc3)cn2)cc1. The van der Waals surface area contributed by atoms with Crippen LogP contribution in [0.15, 0.2) is 66.9 Å². The molecule has 1 heterocycles. The Morgan fingerprint density at radius 2 is 1.50 bits per heavy atom. The van der Waals surface area contributed by atoms with Crippen molar-refractivity contribution in [2.45, 2.75) is 6.92 Å². The number of anilines is 3. The third-order valence-corrected chi connectivity index (χ3v) is 3.44. The van der Waals surface area contributed by atoms with E-state index in [4.69, 9.17) is 0 Å². The lowest BCUT2D eigenvalue weighted by Gasteiger charge is -2.08. The lowest BCUT2D eigenvalue weighted by atomic mass is 10.2. The average molecular weight is 321 g/mol. The lowest BCUT2D eigenvalue weighted by Crippen LogP contribution is -2.13. The number of hydrogen-bond donors (Lipinski definition) is 2. The van der Waals surface area contributed by atoms with Gasteiger partial charge in [0.15, 0.2) is 0 Å². The molecular formula is C19H16FN3O. The average Bonchev–Trinajstić information content (AvgIpc) is 2.59. The zero-order valence-electron chi connectivity index (χ0n) is 13.1. The van der Waals surface area contributed by atoms with Crippen molar-refractivity contribution in [2.24, 2.45) is 0 Å². The number of halogens is 1. The van der Waals surface area contributed by atoms with Gasteiger partial charge in [0, 0.05) is 11.4 Å². The van der Waals surface area contributed by atoms with Crippen LogP contribution >= 0.6 is 0 Å². The lowest BCUT2D eigenvalue weighted by molar-refractivity contribution is 0.102. The second-order valence-electron chi connectivity index (χ2n) is 5.38. The van der Waals surface area contributed by atoms with Crippen molar-refractivity contribution in [1.29, 1.82) is 0 Å². The Bertz CT molecular complexity index is 828. The predicted molar refractivity (Wildman–Crippen MR) is 93.1 cm³/mol. The highest BCUT2D eigenvalue weighted by Crippen LogP contribution is 2.17. The third-order valence-electron chi connectivity index (χ3n) is 3.44. The number of rotatable bonds is 4. The number of amides is 1. The van der Waals surface area contributed by atoms with Crippen LogP contribution in [0.1, 0.15) is 16.1 Å². The van der Waals surface area contributed by atoms with Gasteiger partial charge in [-0.25, -0.2) is 9.37 Å². The summed E-state index contributed by atoms with van der Waals surface area (Å²) in [6, 6.07) is 16.9. The molecule has 0 saturated carbocycles. The zero-order chi connectivity index (χ0) is 16.9. The molecule has 0 atom stereocenters. The molecule has 1 aromatic heterocycles. The first-order chi connectivity index (χ1) is 11.6. The first kappa shape index (κ1) is 15.7. The maximum Gasteiger partial charge on any atom is 0.274 e. The van der Waals surface area contributed by atoms with Crippen LogP contribution in [-0.4, -0.2) is 10.9 Å². The topological polar surface area (TPSA) is 54.0 Å². The predicted octanol–water partition coefficient (Wildman–Crippen LogP) is 4.53. The second kappa shape index (κ2) is 6.91. The minimum absolute atomic E-state index is 0.271. The molecule has 0 bridgehead atoms. The van der Waals surface area contributed by atoms with Crippen molar-refractivity contribution in [3.05, 3.63) is 83.9 Å². The molecule has 2 N–H and O–H groups in total. The minimum Gasteiger partial charge on any atom is -0.354 e. The van der Waals surface area contributed by atoms with Gasteiger partial charge in [-0.15, -0.1) is 0 Å². The van der Waals surface area contributed by atoms with Crippen molar-refractivity contribution in [3.8, 4) is 0 Å². The first-order valence-corrected chi connectivity index (χ1v) is 7.47. The fourth-order valence-corrected chi connectivity index (χ4v) is 2.13. The van der Waals surface area contributed by atoms with Crippen LogP contribution in [0.2, 0.25) is 0 Å². The van der Waals surface area contributed by atoms with Crippen LogP contribution in [0.3, 0.4) is 0 Å². The summed E-state index contributed by atoms with van der Waals surface area (Å²) in [5.41, 5.74) is 3.63. The number of carbonyl (C=O) groups excluding carboxylic acids is 1. The number of pyridine rings is 1. The minimum atomic E-state index is -0.290. The van der Waals surface area contributed by atoms with E-state index >= 15 is 0 Å². The Morgan fingerprint density at radius 3 is 2.12 bits per heavy atom. The molecule has 24 heavy (non-hydrogen) atoms. The van der Waals surface area contributed by atoms with Crippen LogP contribution in [0.5, 0.6) is 0 Å². The second-order valence-corrected chi connectivity index (χ2v) is 5.38. The highest BCUT2D eigenvalue weighted by atomic mass is 19.1. The van der Waals surface area contributed by atoms with Gasteiger partial charge in [-0.05, 0) is 55.5 Å². The molecule has 0 aliphatic carbocycles. The molecule has 4 nitrogen and oxygen atoms in total. The molecule has 1 amide bonds. The van der Waals surface area contributed by atoms with Crippen molar-refractivity contribution in [2.75, 3.05) is 10.6 Å². The summed E-state index contributed by atoms with van der Waals surface area (Å²) < 4.78 is 12.9. The third kappa shape index (κ3) is 3.95. The fraction of sp³-hybridized carbons (Fsp3) is 0.0526. The van der Waals surface area contributed by atoms with E-state index in [1.165, 1.54) is 12.1 Å². The normalized spacial score (nSPS) is 10.2. The highest BCUT2D eigenvalue weighted by Gasteiger charge is 2.07. The van der Waals surface area contributed by atoms with Gasteiger partial charge in [-0.1, -0.05) is 17.7 Å². The van der Waals surface area contributed by atoms with Crippen molar-refractivity contribution in [3.63, 3.8) is 0 Å². The van der Waals surface area contributed by atoms with Gasteiger partial charge in [0.05, 0.1) is 11.9 Å². The Labute approximate surface area is 139 Å². The van der Waals surface area contributed by atoms with E-state index in [0.29, 0.717) is 11.4 Å². The van der Waals surface area contributed by atoms with E-state index in [1.54, 1.807) is 30.5 Å². The Hall–Kier alpha value is -3.21. The van der Waals surface area contributed by atoms with Crippen LogP contribution in [-0.2, 0) is 0 Å². The van der Waals surface area contributed by atoms with Crippen molar-refractivity contribution in [1.82, 2.24) is 4.98 Å². The van der Waals surface area contributed by atoms with Gasteiger partial charge in [0.1, 0.15) is 11.5 Å². The molecule has 120 valence electrons. The molecule has 0 saturated heterocycles. The van der Waals surface area contributed by atoms with E-state index in [9.17, 15) is 9.18 Å². The van der Waals surface area contributed by atoms with E-state index in [-0.39, 0.29) is 11.7 Å². The number of nitrogens with zero attached hydrogens (tertiary/aromatic N) is 1. The van der Waals surface area contributed by atoms with Gasteiger partial charge < -0.3 is 10.6 Å². The van der Waals surface area contributed by atoms with E-state index < -0.39 is 0 Å². The Kier molecular flexibility index (Phi) is 4.52. The molecule has 0 spiro atoms. The summed E-state index contributed by atoms with van der Waals surface area (Å²) >= 11 is 0. The molecule has 2 aromatic carbocycles. The summed E-state index contributed by atoms with van der Waals surface area (Å²) in [4.78, 5) is 16.3. The molecule has 0 aliphatic rings. The van der Waals surface area contributed by atoms with Gasteiger partial charge in [0.25, 0.3) is 5.91 Å². The number of benzene rings is 2. The zero-order valence-corrected chi connectivity index (χ0v) is 13.1. The van der Waals surface area contributed by atoms with Crippen LogP contribution in [0.4, 0.5) is 21.5 Å². The number of carbonyl (C=O) groups is 1. The quantitative estimate of drug-likeness (QED) is 0.742. The van der Waals surface area contributed by atoms with Crippen molar-refractivity contribution >= 4 is 23.0 Å². The summed E-state index contributed by atoms with van der Waals surface area (Å²) in [5.74, 6) is -0.561. The largest absolute Gasteiger partial charge is 0.354 e. The van der Waals surface area contributed by atoms with Crippen LogP contribution in [0, 0.1) is 12.7 Å². The number of nitrogens with one attached hydrogen (secondary N) is 2. The van der Waals surface area contributed by atoms with E-state index in [2.05, 4.69) is 15.6 Å². The number of aryl methyl sites for hydroxylation is 1. The van der Waals surface area contributed by atoms with Gasteiger partial charge in [-0.3, -0.25) is 4.79 Å². The van der Waals surface area contributed by atoms with Crippen molar-refractivity contribution < 1.29 is 9.18 Å². The molecule has 5 heteroatoms. The molecule has 3 rings (SSSR count). The summed E-state index contributed by atoms with van der Waals surface area (Å²) in [5, 5.41) is 5.89. The molecule has 3 aromatic rings. The summed E-state index contributed by atoms with van der Waals surface area (Å²) in [7, 11) is 0. The molecule has 0 unspecified atom stereocenters. The highest BCUT2D eigenvalue weighted by molar-refractivity contribution is 6.02. The summed E-state index contributed by atoms with van der Waals surface area (Å²) in [6.45, 7) is 1.99. The van der Waals surface area contributed by atoms with Crippen LogP contribution < -0.4 is 10.6 Å². The molecule has 0 radical (unpaired) electrons. The summed E-state index contributed by atoms with van der Waals surface area (Å²) in [6.07, 6.45) is 1.56. The number of hydrogen-bond acceptors (Lipinski definition) is 3.